The van der Waals surface area contributed by atoms with Gasteiger partial charge in [0.25, 0.3) is 11.6 Å². The molecular weight excluding hydrogens is 417 g/mol. The number of amides is 2. The van der Waals surface area contributed by atoms with Crippen LogP contribution in [0.1, 0.15) is 27.0 Å². The minimum Gasteiger partial charge on any atom is -0.378 e. The zero-order valence-corrected chi connectivity index (χ0v) is 16.8. The van der Waals surface area contributed by atoms with Crippen LogP contribution in [0.4, 0.5) is 24.5 Å². The summed E-state index contributed by atoms with van der Waals surface area (Å²) in [6.45, 7) is 3.50. The first kappa shape index (κ1) is 23.6. The summed E-state index contributed by atoms with van der Waals surface area (Å²) in [7, 11) is 0. The summed E-state index contributed by atoms with van der Waals surface area (Å²) < 4.78 is 38.1. The molecule has 11 heteroatoms. The van der Waals surface area contributed by atoms with E-state index in [4.69, 9.17) is 0 Å². The van der Waals surface area contributed by atoms with Gasteiger partial charge in [-0.1, -0.05) is 17.2 Å². The van der Waals surface area contributed by atoms with E-state index in [2.05, 4.69) is 16.0 Å². The van der Waals surface area contributed by atoms with E-state index in [1.54, 1.807) is 12.1 Å². The van der Waals surface area contributed by atoms with Crippen LogP contribution >= 0.6 is 0 Å². The molecule has 2 aromatic carbocycles. The second-order valence-corrected chi connectivity index (χ2v) is 6.82. The maximum absolute atomic E-state index is 12.7. The number of benzene rings is 2. The van der Waals surface area contributed by atoms with Gasteiger partial charge in [0.05, 0.1) is 17.0 Å². The molecule has 0 spiro atoms. The van der Waals surface area contributed by atoms with Gasteiger partial charge in [-0.2, -0.15) is 13.2 Å². The molecule has 0 unspecified atom stereocenters. The number of nitro benzene ring substituents is 1. The molecule has 0 aliphatic heterocycles. The van der Waals surface area contributed by atoms with Crippen molar-refractivity contribution in [3.63, 3.8) is 0 Å². The molecule has 0 aromatic heterocycles. The van der Waals surface area contributed by atoms with Crippen molar-refractivity contribution >= 4 is 23.2 Å². The molecule has 0 radical (unpaired) electrons. The molecule has 0 bridgehead atoms. The van der Waals surface area contributed by atoms with Gasteiger partial charge in [-0.3, -0.25) is 19.7 Å². The molecule has 8 nitrogen and oxygen atoms in total. The van der Waals surface area contributed by atoms with Crippen LogP contribution < -0.4 is 16.0 Å². The molecule has 0 fully saturated rings. The predicted molar refractivity (Wildman–Crippen MR) is 108 cm³/mol. The van der Waals surface area contributed by atoms with Gasteiger partial charge in [0.15, 0.2) is 0 Å². The number of nitrogens with zero attached hydrogens (tertiary/aromatic N) is 1. The molecule has 2 rings (SSSR count). The molecule has 0 aliphatic rings. The van der Waals surface area contributed by atoms with Crippen LogP contribution in [0.5, 0.6) is 0 Å². The quantitative estimate of drug-likeness (QED) is 0.333. The van der Waals surface area contributed by atoms with E-state index in [1.165, 1.54) is 0 Å². The highest BCUT2D eigenvalue weighted by Crippen LogP contribution is 2.34. The van der Waals surface area contributed by atoms with Gasteiger partial charge < -0.3 is 16.0 Å². The molecule has 2 aromatic rings. The van der Waals surface area contributed by atoms with E-state index in [0.29, 0.717) is 11.6 Å². The molecule has 0 atom stereocenters. The number of carbonyl (C=O) groups excluding carboxylic acids is 2. The van der Waals surface area contributed by atoms with Crippen LogP contribution in [0.3, 0.4) is 0 Å². The van der Waals surface area contributed by atoms with Gasteiger partial charge in [0.1, 0.15) is 5.69 Å². The Morgan fingerprint density at radius 2 is 1.65 bits per heavy atom. The van der Waals surface area contributed by atoms with Crippen molar-refractivity contribution in [1.29, 1.82) is 0 Å². The zero-order chi connectivity index (χ0) is 23.2. The number of nitro groups is 1. The molecule has 2 amide bonds. The average molecular weight is 438 g/mol. The van der Waals surface area contributed by atoms with Crippen LogP contribution in [0.15, 0.2) is 36.4 Å². The Morgan fingerprint density at radius 3 is 2.23 bits per heavy atom. The van der Waals surface area contributed by atoms with Crippen molar-refractivity contribution in [2.45, 2.75) is 20.0 Å². The topological polar surface area (TPSA) is 113 Å². The lowest BCUT2D eigenvalue weighted by atomic mass is 10.1. The Bertz CT molecular complexity index is 973. The number of carbonyl (C=O) groups is 2. The summed E-state index contributed by atoms with van der Waals surface area (Å²) in [6, 6.07) is 7.45. The maximum atomic E-state index is 12.7. The first-order valence-electron chi connectivity index (χ1n) is 9.20. The lowest BCUT2D eigenvalue weighted by molar-refractivity contribution is -0.384. The highest BCUT2D eigenvalue weighted by molar-refractivity contribution is 5.96. The van der Waals surface area contributed by atoms with Crippen LogP contribution in [0.2, 0.25) is 0 Å². The van der Waals surface area contributed by atoms with Gasteiger partial charge in [-0.15, -0.1) is 0 Å². The Labute approximate surface area is 176 Å². The van der Waals surface area contributed by atoms with Crippen molar-refractivity contribution in [3.05, 3.63) is 68.8 Å². The third-order valence-electron chi connectivity index (χ3n) is 4.18. The van der Waals surface area contributed by atoms with Crippen LogP contribution in [0.25, 0.3) is 0 Å². The number of halogens is 3. The minimum atomic E-state index is -4.70. The summed E-state index contributed by atoms with van der Waals surface area (Å²) >= 11 is 0. The summed E-state index contributed by atoms with van der Waals surface area (Å²) in [5.41, 5.74) is 0.312. The van der Waals surface area contributed by atoms with Gasteiger partial charge >= 0.3 is 6.18 Å². The third kappa shape index (κ3) is 6.98. The SMILES string of the molecule is Cc1cc(C)cc(C(=O)NCC(=O)NCCNc2ccc(C(F)(F)F)cc2[N+](=O)[O-])c1. The summed E-state index contributed by atoms with van der Waals surface area (Å²) in [5.74, 6) is -0.887. The smallest absolute Gasteiger partial charge is 0.378 e. The van der Waals surface area contributed by atoms with Crippen LogP contribution in [-0.2, 0) is 11.0 Å². The van der Waals surface area contributed by atoms with Crippen LogP contribution in [0, 0.1) is 24.0 Å². The van der Waals surface area contributed by atoms with Gasteiger partial charge in [0.2, 0.25) is 5.91 Å². The van der Waals surface area contributed by atoms with E-state index in [0.717, 1.165) is 23.3 Å². The van der Waals surface area contributed by atoms with Crippen molar-refractivity contribution in [1.82, 2.24) is 10.6 Å². The van der Waals surface area contributed by atoms with Crippen LogP contribution in [-0.4, -0.2) is 36.4 Å². The zero-order valence-electron chi connectivity index (χ0n) is 16.8. The highest BCUT2D eigenvalue weighted by Gasteiger charge is 2.33. The molecular formula is C20H21F3N4O4. The second kappa shape index (κ2) is 9.92. The lowest BCUT2D eigenvalue weighted by Gasteiger charge is -2.11. The van der Waals surface area contributed by atoms with Gasteiger partial charge in [-0.05, 0) is 38.1 Å². The molecule has 31 heavy (non-hydrogen) atoms. The monoisotopic (exact) mass is 438 g/mol. The molecule has 3 N–H and O–H groups in total. The number of hydrogen-bond acceptors (Lipinski definition) is 5. The molecule has 166 valence electrons. The summed E-state index contributed by atoms with van der Waals surface area (Å²) in [6.07, 6.45) is -4.70. The number of nitrogens with one attached hydrogen (secondary N) is 3. The molecule has 0 heterocycles. The average Bonchev–Trinajstić information content (AvgIpc) is 2.67. The number of hydrogen-bond donors (Lipinski definition) is 3. The van der Waals surface area contributed by atoms with E-state index in [1.807, 2.05) is 19.9 Å². The Kier molecular flexibility index (Phi) is 7.56. The first-order chi connectivity index (χ1) is 14.5. The lowest BCUT2D eigenvalue weighted by Crippen LogP contribution is -2.38. The first-order valence-corrected chi connectivity index (χ1v) is 9.20. The maximum Gasteiger partial charge on any atom is 0.416 e. The second-order valence-electron chi connectivity index (χ2n) is 6.82. The van der Waals surface area contributed by atoms with E-state index in [-0.39, 0.29) is 25.3 Å². The standard InChI is InChI=1S/C20H21F3N4O4/c1-12-7-13(2)9-14(8-12)19(29)26-11-18(28)25-6-5-24-16-4-3-15(20(21,22)23)10-17(16)27(30)31/h3-4,7-10,24H,5-6,11H2,1-2H3,(H,25,28)(H,26,29). The number of aryl methyl sites for hydroxylation is 2. The third-order valence-corrected chi connectivity index (χ3v) is 4.18. The Morgan fingerprint density at radius 1 is 1.00 bits per heavy atom. The van der Waals surface area contributed by atoms with Crippen molar-refractivity contribution < 1.29 is 27.7 Å². The molecule has 0 saturated heterocycles. The van der Waals surface area contributed by atoms with Crippen molar-refractivity contribution in [3.8, 4) is 0 Å². The van der Waals surface area contributed by atoms with E-state index >= 15 is 0 Å². The highest BCUT2D eigenvalue weighted by atomic mass is 19.4. The number of anilines is 1. The molecule has 0 aliphatic carbocycles. The summed E-state index contributed by atoms with van der Waals surface area (Å²) in [4.78, 5) is 34.1. The van der Waals surface area contributed by atoms with E-state index < -0.39 is 34.2 Å². The fourth-order valence-corrected chi connectivity index (χ4v) is 2.84. The fourth-order valence-electron chi connectivity index (χ4n) is 2.84. The number of alkyl halides is 3. The van der Waals surface area contributed by atoms with Gasteiger partial charge in [0, 0.05) is 24.7 Å². The van der Waals surface area contributed by atoms with E-state index in [9.17, 15) is 32.9 Å². The predicted octanol–water partition coefficient (Wildman–Crippen LogP) is 3.19. The summed E-state index contributed by atoms with van der Waals surface area (Å²) in [5, 5.41) is 18.6. The fraction of sp³-hybridized carbons (Fsp3) is 0.300. The van der Waals surface area contributed by atoms with Crippen molar-refractivity contribution in [2.75, 3.05) is 25.0 Å². The number of rotatable bonds is 8. The normalized spacial score (nSPS) is 11.0. The van der Waals surface area contributed by atoms with Crippen molar-refractivity contribution in [2.24, 2.45) is 0 Å². The Balaban J connectivity index is 1.82. The molecule has 0 saturated carbocycles. The largest absolute Gasteiger partial charge is 0.416 e. The van der Waals surface area contributed by atoms with Gasteiger partial charge in [-0.25, -0.2) is 0 Å². The minimum absolute atomic E-state index is 0.0307. The Hall–Kier alpha value is -3.63.